The first-order valence-corrected chi connectivity index (χ1v) is 6.83. The first kappa shape index (κ1) is 14.4. The van der Waals surface area contributed by atoms with Crippen LogP contribution in [0.2, 0.25) is 0 Å². The van der Waals surface area contributed by atoms with Gasteiger partial charge in [0.2, 0.25) is 0 Å². The summed E-state index contributed by atoms with van der Waals surface area (Å²) in [6, 6.07) is 5.41. The highest BCUT2D eigenvalue weighted by Crippen LogP contribution is 2.25. The number of hydrogen-bond acceptors (Lipinski definition) is 2. The molecule has 0 aromatic heterocycles. The number of benzene rings is 1. The second-order valence-electron chi connectivity index (χ2n) is 5.44. The molecule has 2 rings (SSSR count). The Morgan fingerprint density at radius 2 is 1.95 bits per heavy atom. The van der Waals surface area contributed by atoms with Crippen LogP contribution in [0.15, 0.2) is 18.2 Å². The fourth-order valence-electron chi connectivity index (χ4n) is 2.51. The minimum Gasteiger partial charge on any atom is -0.481 e. The van der Waals surface area contributed by atoms with E-state index in [4.69, 9.17) is 5.11 Å². The zero-order chi connectivity index (χ0) is 14.7. The van der Waals surface area contributed by atoms with Gasteiger partial charge in [-0.1, -0.05) is 6.07 Å². The van der Waals surface area contributed by atoms with Gasteiger partial charge in [-0.2, -0.15) is 0 Å². The molecule has 3 N–H and O–H groups in total. The van der Waals surface area contributed by atoms with Crippen molar-refractivity contribution in [3.05, 3.63) is 29.3 Å². The van der Waals surface area contributed by atoms with Crippen molar-refractivity contribution in [2.24, 2.45) is 5.92 Å². The Hall–Kier alpha value is -2.04. The van der Waals surface area contributed by atoms with E-state index in [2.05, 4.69) is 10.6 Å². The largest absolute Gasteiger partial charge is 0.481 e. The van der Waals surface area contributed by atoms with E-state index in [0.717, 1.165) is 17.7 Å². The first-order valence-electron chi connectivity index (χ1n) is 6.83. The Bertz CT molecular complexity index is 528. The van der Waals surface area contributed by atoms with E-state index in [-0.39, 0.29) is 18.0 Å². The van der Waals surface area contributed by atoms with Gasteiger partial charge in [0.05, 0.1) is 5.92 Å². The summed E-state index contributed by atoms with van der Waals surface area (Å²) in [7, 11) is 0. The summed E-state index contributed by atoms with van der Waals surface area (Å²) < 4.78 is 0. The van der Waals surface area contributed by atoms with Gasteiger partial charge in [0.1, 0.15) is 0 Å². The van der Waals surface area contributed by atoms with Crippen molar-refractivity contribution >= 4 is 17.7 Å². The number of nitrogens with one attached hydrogen (secondary N) is 2. The second-order valence-corrected chi connectivity index (χ2v) is 5.44. The molecule has 0 heterocycles. The van der Waals surface area contributed by atoms with Crippen molar-refractivity contribution < 1.29 is 14.7 Å². The van der Waals surface area contributed by atoms with Crippen LogP contribution in [-0.2, 0) is 4.79 Å². The van der Waals surface area contributed by atoms with Crippen LogP contribution in [-0.4, -0.2) is 23.1 Å². The quantitative estimate of drug-likeness (QED) is 0.794. The number of urea groups is 1. The molecule has 0 radical (unpaired) electrons. The van der Waals surface area contributed by atoms with E-state index in [9.17, 15) is 9.59 Å². The molecular weight excluding hydrogens is 256 g/mol. The van der Waals surface area contributed by atoms with Gasteiger partial charge < -0.3 is 15.7 Å². The number of carboxylic acid groups (broad SMARTS) is 1. The smallest absolute Gasteiger partial charge is 0.319 e. The first-order chi connectivity index (χ1) is 9.45. The van der Waals surface area contributed by atoms with Gasteiger partial charge in [-0.25, -0.2) is 4.79 Å². The van der Waals surface area contributed by atoms with E-state index in [0.29, 0.717) is 12.8 Å². The third-order valence-electron chi connectivity index (χ3n) is 3.88. The van der Waals surface area contributed by atoms with Crippen LogP contribution in [0, 0.1) is 19.8 Å². The van der Waals surface area contributed by atoms with Crippen LogP contribution in [0.4, 0.5) is 10.5 Å². The van der Waals surface area contributed by atoms with Crippen LogP contribution in [0.3, 0.4) is 0 Å². The van der Waals surface area contributed by atoms with Crippen molar-refractivity contribution in [3.8, 4) is 0 Å². The van der Waals surface area contributed by atoms with Gasteiger partial charge in [-0.3, -0.25) is 4.79 Å². The monoisotopic (exact) mass is 276 g/mol. The molecule has 0 saturated heterocycles. The minimum atomic E-state index is -0.774. The highest BCUT2D eigenvalue weighted by Gasteiger charge is 2.30. The predicted octanol–water partition coefficient (Wildman–Crippen LogP) is 2.68. The molecule has 1 aromatic carbocycles. The molecule has 20 heavy (non-hydrogen) atoms. The van der Waals surface area contributed by atoms with Crippen LogP contribution >= 0.6 is 0 Å². The van der Waals surface area contributed by atoms with Gasteiger partial charge in [0, 0.05) is 11.7 Å². The Kier molecular flexibility index (Phi) is 4.27. The number of hydrogen-bond donors (Lipinski definition) is 3. The van der Waals surface area contributed by atoms with Crippen LogP contribution in [0.25, 0.3) is 0 Å². The molecule has 2 amide bonds. The Balaban J connectivity index is 1.87. The summed E-state index contributed by atoms with van der Waals surface area (Å²) in [6.45, 7) is 4.01. The van der Waals surface area contributed by atoms with Gasteiger partial charge >= 0.3 is 12.0 Å². The van der Waals surface area contributed by atoms with Gasteiger partial charge in [0.15, 0.2) is 0 Å². The lowest BCUT2D eigenvalue weighted by Crippen LogP contribution is -2.36. The zero-order valence-electron chi connectivity index (χ0n) is 11.8. The predicted molar refractivity (Wildman–Crippen MR) is 76.8 cm³/mol. The third-order valence-corrected chi connectivity index (χ3v) is 3.88. The Labute approximate surface area is 118 Å². The lowest BCUT2D eigenvalue weighted by atomic mass is 10.1. The second kappa shape index (κ2) is 5.94. The number of amides is 2. The maximum Gasteiger partial charge on any atom is 0.319 e. The number of carboxylic acids is 1. The van der Waals surface area contributed by atoms with E-state index in [1.54, 1.807) is 0 Å². The molecule has 5 nitrogen and oxygen atoms in total. The maximum absolute atomic E-state index is 11.9. The van der Waals surface area contributed by atoms with Crippen LogP contribution in [0.5, 0.6) is 0 Å². The molecular formula is C15H20N2O3. The van der Waals surface area contributed by atoms with Crippen molar-refractivity contribution in [3.63, 3.8) is 0 Å². The third kappa shape index (κ3) is 3.50. The topological polar surface area (TPSA) is 78.4 Å². The van der Waals surface area contributed by atoms with E-state index in [1.807, 2.05) is 32.0 Å². The number of aryl methyl sites for hydroxylation is 2. The fraction of sp³-hybridized carbons (Fsp3) is 0.467. The molecule has 2 unspecified atom stereocenters. The van der Waals surface area contributed by atoms with Crippen molar-refractivity contribution in [2.45, 2.75) is 39.2 Å². The molecule has 1 saturated carbocycles. The molecule has 0 aliphatic heterocycles. The number of rotatable bonds is 3. The number of carbonyl (C=O) groups excluding carboxylic acids is 1. The van der Waals surface area contributed by atoms with E-state index >= 15 is 0 Å². The molecule has 1 aliphatic carbocycles. The number of anilines is 1. The molecule has 0 spiro atoms. The lowest BCUT2D eigenvalue weighted by molar-refractivity contribution is -0.141. The normalized spacial score (nSPS) is 21.5. The van der Waals surface area contributed by atoms with Crippen molar-refractivity contribution in [2.75, 3.05) is 5.32 Å². The van der Waals surface area contributed by atoms with Gasteiger partial charge in [-0.15, -0.1) is 0 Å². The summed E-state index contributed by atoms with van der Waals surface area (Å²) in [5.74, 6) is -1.11. The summed E-state index contributed by atoms with van der Waals surface area (Å²) in [5, 5.41) is 14.5. The number of aliphatic carboxylic acids is 1. The zero-order valence-corrected chi connectivity index (χ0v) is 11.8. The standard InChI is InChI=1S/C15H20N2O3/c1-9-3-5-12(7-10(9)2)16-15(20)17-13-6-4-11(8-13)14(18)19/h3,5,7,11,13H,4,6,8H2,1-2H3,(H,18,19)(H2,16,17,20). The fourth-order valence-corrected chi connectivity index (χ4v) is 2.51. The molecule has 5 heteroatoms. The molecule has 108 valence electrons. The van der Waals surface area contributed by atoms with Gasteiger partial charge in [0.25, 0.3) is 0 Å². The Morgan fingerprint density at radius 1 is 1.20 bits per heavy atom. The molecule has 1 fully saturated rings. The number of carbonyl (C=O) groups is 2. The highest BCUT2D eigenvalue weighted by atomic mass is 16.4. The van der Waals surface area contributed by atoms with Gasteiger partial charge in [-0.05, 0) is 56.4 Å². The molecule has 1 aliphatic rings. The summed E-state index contributed by atoms with van der Waals surface area (Å²) in [6.07, 6.45) is 1.86. The average molecular weight is 276 g/mol. The maximum atomic E-state index is 11.9. The highest BCUT2D eigenvalue weighted by molar-refractivity contribution is 5.89. The van der Waals surface area contributed by atoms with Crippen molar-refractivity contribution in [1.82, 2.24) is 5.32 Å². The summed E-state index contributed by atoms with van der Waals surface area (Å²) in [5.41, 5.74) is 3.05. The average Bonchev–Trinajstić information content (AvgIpc) is 2.82. The SMILES string of the molecule is Cc1ccc(NC(=O)NC2CCC(C(=O)O)C2)cc1C. The summed E-state index contributed by atoms with van der Waals surface area (Å²) >= 11 is 0. The molecule has 0 bridgehead atoms. The van der Waals surface area contributed by atoms with E-state index < -0.39 is 5.97 Å². The lowest BCUT2D eigenvalue weighted by Gasteiger charge is -2.14. The van der Waals surface area contributed by atoms with E-state index in [1.165, 1.54) is 5.56 Å². The van der Waals surface area contributed by atoms with Crippen LogP contribution < -0.4 is 10.6 Å². The van der Waals surface area contributed by atoms with Crippen molar-refractivity contribution in [1.29, 1.82) is 0 Å². The molecule has 1 aromatic rings. The summed E-state index contributed by atoms with van der Waals surface area (Å²) in [4.78, 5) is 22.7. The minimum absolute atomic E-state index is 0.0531. The molecule has 2 atom stereocenters. The Morgan fingerprint density at radius 3 is 2.55 bits per heavy atom. The van der Waals surface area contributed by atoms with Crippen LogP contribution in [0.1, 0.15) is 30.4 Å².